The maximum atomic E-state index is 12.6. The quantitative estimate of drug-likeness (QED) is 0.883. The third-order valence-electron chi connectivity index (χ3n) is 3.91. The van der Waals surface area contributed by atoms with Crippen LogP contribution < -0.4 is 5.32 Å². The van der Waals surface area contributed by atoms with Gasteiger partial charge in [0.15, 0.2) is 0 Å². The van der Waals surface area contributed by atoms with Crippen LogP contribution in [0.4, 0.5) is 10.5 Å². The number of carbonyl (C=O) groups is 1. The number of anilines is 1. The molecule has 110 valence electrons. The normalized spacial score (nSPS) is 15.5. The van der Waals surface area contributed by atoms with E-state index in [0.29, 0.717) is 11.6 Å². The van der Waals surface area contributed by atoms with Crippen molar-refractivity contribution in [2.75, 3.05) is 11.9 Å². The van der Waals surface area contributed by atoms with Crippen LogP contribution in [0.5, 0.6) is 0 Å². The molecule has 1 saturated carbocycles. The average Bonchev–Trinajstić information content (AvgIpc) is 3.20. The molecular formula is C16H20N4O. The summed E-state index contributed by atoms with van der Waals surface area (Å²) in [4.78, 5) is 14.5. The van der Waals surface area contributed by atoms with Crippen molar-refractivity contribution in [1.82, 2.24) is 15.1 Å². The van der Waals surface area contributed by atoms with E-state index in [-0.39, 0.29) is 12.1 Å². The first-order valence-electron chi connectivity index (χ1n) is 7.35. The van der Waals surface area contributed by atoms with Gasteiger partial charge < -0.3 is 10.2 Å². The maximum absolute atomic E-state index is 12.6. The largest absolute Gasteiger partial charge is 0.322 e. The van der Waals surface area contributed by atoms with Crippen LogP contribution in [-0.2, 0) is 0 Å². The fraction of sp³-hybridized carbons (Fsp3) is 0.375. The van der Waals surface area contributed by atoms with Gasteiger partial charge in [-0.2, -0.15) is 5.10 Å². The Morgan fingerprint density at radius 1 is 1.43 bits per heavy atom. The van der Waals surface area contributed by atoms with Crippen LogP contribution in [-0.4, -0.2) is 27.7 Å². The van der Waals surface area contributed by atoms with E-state index in [2.05, 4.69) is 34.6 Å². The SMILES string of the molecule is C[C@H](c1ccccc1)N(CC1CC1)C(=O)Nc1cn[nH]c1. The summed E-state index contributed by atoms with van der Waals surface area (Å²) in [7, 11) is 0. The number of aromatic nitrogens is 2. The monoisotopic (exact) mass is 284 g/mol. The first kappa shape index (κ1) is 13.7. The van der Waals surface area contributed by atoms with E-state index in [1.165, 1.54) is 12.8 Å². The molecule has 1 aromatic heterocycles. The summed E-state index contributed by atoms with van der Waals surface area (Å²) in [6.07, 6.45) is 5.73. The minimum atomic E-state index is -0.0698. The van der Waals surface area contributed by atoms with E-state index in [1.807, 2.05) is 23.1 Å². The molecule has 1 heterocycles. The Kier molecular flexibility index (Phi) is 3.90. The maximum Gasteiger partial charge on any atom is 0.322 e. The number of nitrogens with one attached hydrogen (secondary N) is 2. The second kappa shape index (κ2) is 5.99. The number of rotatable bonds is 5. The van der Waals surface area contributed by atoms with Crippen LogP contribution in [0.2, 0.25) is 0 Å². The molecule has 2 aromatic rings. The predicted molar refractivity (Wildman–Crippen MR) is 81.9 cm³/mol. The molecule has 1 aliphatic carbocycles. The minimum Gasteiger partial charge on any atom is -0.317 e. The van der Waals surface area contributed by atoms with E-state index >= 15 is 0 Å². The summed E-state index contributed by atoms with van der Waals surface area (Å²) >= 11 is 0. The first-order chi connectivity index (χ1) is 10.2. The summed E-state index contributed by atoms with van der Waals surface area (Å²) in [6, 6.07) is 10.1. The van der Waals surface area contributed by atoms with Gasteiger partial charge in [-0.3, -0.25) is 5.10 Å². The Bertz CT molecular complexity index is 578. The Labute approximate surface area is 124 Å². The number of benzene rings is 1. The summed E-state index contributed by atoms with van der Waals surface area (Å²) < 4.78 is 0. The number of aromatic amines is 1. The molecule has 5 nitrogen and oxygen atoms in total. The van der Waals surface area contributed by atoms with Gasteiger partial charge in [0.05, 0.1) is 17.9 Å². The van der Waals surface area contributed by atoms with Crippen LogP contribution in [0.15, 0.2) is 42.7 Å². The summed E-state index contributed by atoms with van der Waals surface area (Å²) in [5.41, 5.74) is 1.85. The number of H-pyrrole nitrogens is 1. The van der Waals surface area contributed by atoms with E-state index in [9.17, 15) is 4.79 Å². The molecule has 0 aliphatic heterocycles. The average molecular weight is 284 g/mol. The van der Waals surface area contributed by atoms with Crippen molar-refractivity contribution in [3.05, 3.63) is 48.3 Å². The van der Waals surface area contributed by atoms with Crippen molar-refractivity contribution >= 4 is 11.7 Å². The number of urea groups is 1. The molecule has 2 amide bonds. The van der Waals surface area contributed by atoms with E-state index < -0.39 is 0 Å². The summed E-state index contributed by atoms with van der Waals surface area (Å²) in [5, 5.41) is 9.46. The Hall–Kier alpha value is -2.30. The van der Waals surface area contributed by atoms with Gasteiger partial charge in [0.25, 0.3) is 0 Å². The highest BCUT2D eigenvalue weighted by molar-refractivity contribution is 5.89. The van der Waals surface area contributed by atoms with Gasteiger partial charge in [0, 0.05) is 12.7 Å². The van der Waals surface area contributed by atoms with E-state index in [0.717, 1.165) is 12.1 Å². The third kappa shape index (κ3) is 3.42. The molecule has 1 aliphatic rings. The van der Waals surface area contributed by atoms with Crippen molar-refractivity contribution in [3.8, 4) is 0 Å². The van der Waals surface area contributed by atoms with Gasteiger partial charge in [0.2, 0.25) is 0 Å². The van der Waals surface area contributed by atoms with E-state index in [4.69, 9.17) is 0 Å². The van der Waals surface area contributed by atoms with Crippen molar-refractivity contribution < 1.29 is 4.79 Å². The number of amides is 2. The number of hydrogen-bond donors (Lipinski definition) is 2. The zero-order chi connectivity index (χ0) is 14.7. The van der Waals surface area contributed by atoms with Gasteiger partial charge in [-0.25, -0.2) is 4.79 Å². The van der Waals surface area contributed by atoms with Gasteiger partial charge in [-0.05, 0) is 31.2 Å². The first-order valence-corrected chi connectivity index (χ1v) is 7.35. The van der Waals surface area contributed by atoms with E-state index in [1.54, 1.807) is 12.4 Å². The molecule has 2 N–H and O–H groups in total. The fourth-order valence-corrected chi connectivity index (χ4v) is 2.42. The lowest BCUT2D eigenvalue weighted by Crippen LogP contribution is -2.38. The Morgan fingerprint density at radius 3 is 2.81 bits per heavy atom. The Balaban J connectivity index is 1.74. The van der Waals surface area contributed by atoms with Gasteiger partial charge >= 0.3 is 6.03 Å². The van der Waals surface area contributed by atoms with Crippen molar-refractivity contribution in [3.63, 3.8) is 0 Å². The van der Waals surface area contributed by atoms with Gasteiger partial charge in [0.1, 0.15) is 0 Å². The Morgan fingerprint density at radius 2 is 2.19 bits per heavy atom. The molecule has 1 aromatic carbocycles. The molecule has 21 heavy (non-hydrogen) atoms. The van der Waals surface area contributed by atoms with Crippen molar-refractivity contribution in [2.45, 2.75) is 25.8 Å². The molecule has 0 unspecified atom stereocenters. The zero-order valence-corrected chi connectivity index (χ0v) is 12.1. The zero-order valence-electron chi connectivity index (χ0n) is 12.1. The highest BCUT2D eigenvalue weighted by atomic mass is 16.2. The van der Waals surface area contributed by atoms with Crippen LogP contribution in [0.3, 0.4) is 0 Å². The minimum absolute atomic E-state index is 0.0544. The highest BCUT2D eigenvalue weighted by Gasteiger charge is 2.30. The second-order valence-corrected chi connectivity index (χ2v) is 5.60. The summed E-state index contributed by atoms with van der Waals surface area (Å²) in [6.45, 7) is 2.88. The number of carbonyl (C=O) groups excluding carboxylic acids is 1. The molecule has 0 radical (unpaired) electrons. The molecule has 1 fully saturated rings. The smallest absolute Gasteiger partial charge is 0.317 e. The lowest BCUT2D eigenvalue weighted by molar-refractivity contribution is 0.189. The lowest BCUT2D eigenvalue weighted by atomic mass is 10.1. The predicted octanol–water partition coefficient (Wildman–Crippen LogP) is 3.41. The van der Waals surface area contributed by atoms with Gasteiger partial charge in [-0.15, -0.1) is 0 Å². The molecule has 1 atom stereocenters. The molecule has 5 heteroatoms. The standard InChI is InChI=1S/C16H20N4O/c1-12(14-5-3-2-4-6-14)20(11-13-7-8-13)16(21)19-15-9-17-18-10-15/h2-6,9-10,12-13H,7-8,11H2,1H3,(H,17,18)(H,19,21)/t12-/m1/s1. The highest BCUT2D eigenvalue weighted by Crippen LogP contribution is 2.33. The second-order valence-electron chi connectivity index (χ2n) is 5.60. The van der Waals surface area contributed by atoms with Crippen LogP contribution in [0.25, 0.3) is 0 Å². The third-order valence-corrected chi connectivity index (χ3v) is 3.91. The van der Waals surface area contributed by atoms with Crippen LogP contribution in [0, 0.1) is 5.92 Å². The van der Waals surface area contributed by atoms with Crippen molar-refractivity contribution in [1.29, 1.82) is 0 Å². The topological polar surface area (TPSA) is 61.0 Å². The molecule has 0 saturated heterocycles. The van der Waals surface area contributed by atoms with Crippen molar-refractivity contribution in [2.24, 2.45) is 5.92 Å². The lowest BCUT2D eigenvalue weighted by Gasteiger charge is -2.29. The van der Waals surface area contributed by atoms with Gasteiger partial charge in [-0.1, -0.05) is 30.3 Å². The molecule has 0 spiro atoms. The van der Waals surface area contributed by atoms with Crippen LogP contribution >= 0.6 is 0 Å². The number of nitrogens with zero attached hydrogens (tertiary/aromatic N) is 2. The molecule has 0 bridgehead atoms. The number of hydrogen-bond acceptors (Lipinski definition) is 2. The summed E-state index contributed by atoms with van der Waals surface area (Å²) in [5.74, 6) is 0.645. The molecular weight excluding hydrogens is 264 g/mol. The molecule has 3 rings (SSSR count). The fourth-order valence-electron chi connectivity index (χ4n) is 2.42. The van der Waals surface area contributed by atoms with Crippen LogP contribution in [0.1, 0.15) is 31.4 Å².